The number of likely N-dealkylation sites (N-methyl/N-ethyl adjacent to an activating group) is 1. The van der Waals surface area contributed by atoms with Gasteiger partial charge >= 0.3 is 0 Å². The molecule has 1 amide bonds. The second kappa shape index (κ2) is 7.17. The summed E-state index contributed by atoms with van der Waals surface area (Å²) in [5.41, 5.74) is 0.248. The van der Waals surface area contributed by atoms with E-state index in [0.29, 0.717) is 22.0 Å². The molecule has 1 aliphatic carbocycles. The van der Waals surface area contributed by atoms with Crippen LogP contribution >= 0.6 is 0 Å². The molecule has 1 saturated carbocycles. The van der Waals surface area contributed by atoms with Crippen LogP contribution in [-0.4, -0.2) is 48.6 Å². The average molecular weight is 336 g/mol. The lowest BCUT2D eigenvalue weighted by Gasteiger charge is -2.40. The molecule has 0 heterocycles. The molecule has 0 saturated heterocycles. The number of amides is 1. The van der Waals surface area contributed by atoms with Crippen molar-refractivity contribution in [3.8, 4) is 5.75 Å². The van der Waals surface area contributed by atoms with Gasteiger partial charge in [-0.25, -0.2) is 0 Å². The number of nitrogens with one attached hydrogen (secondary N) is 1. The summed E-state index contributed by atoms with van der Waals surface area (Å²) in [5.74, 6) is 0.248. The number of anilines is 1. The van der Waals surface area contributed by atoms with E-state index in [1.54, 1.807) is 0 Å². The van der Waals surface area contributed by atoms with E-state index < -0.39 is 4.92 Å². The summed E-state index contributed by atoms with van der Waals surface area (Å²) >= 11 is 0. The zero-order chi connectivity index (χ0) is 17.9. The molecule has 1 aromatic carbocycles. The number of ether oxygens (including phenoxy) is 1. The maximum Gasteiger partial charge on any atom is 0.282 e. The van der Waals surface area contributed by atoms with Gasteiger partial charge in [0, 0.05) is 12.1 Å². The minimum absolute atomic E-state index is 0.0803. The maximum absolute atomic E-state index is 12.7. The summed E-state index contributed by atoms with van der Waals surface area (Å²) in [4.78, 5) is 23.2. The van der Waals surface area contributed by atoms with Gasteiger partial charge in [-0.15, -0.1) is 0 Å². The first-order chi connectivity index (χ1) is 11.3. The zero-order valence-corrected chi connectivity index (χ0v) is 14.7. The first-order valence-electron chi connectivity index (χ1n) is 8.24. The van der Waals surface area contributed by atoms with Crippen LogP contribution in [0.15, 0.2) is 18.2 Å². The minimum atomic E-state index is -0.489. The molecule has 24 heavy (non-hydrogen) atoms. The summed E-state index contributed by atoms with van der Waals surface area (Å²) in [6, 6.07) is 4.39. The van der Waals surface area contributed by atoms with E-state index in [-0.39, 0.29) is 17.6 Å². The molecular weight excluding hydrogens is 310 g/mol. The molecule has 1 aliphatic rings. The lowest BCUT2D eigenvalue weighted by Crippen LogP contribution is -2.58. The highest BCUT2D eigenvalue weighted by Crippen LogP contribution is 2.31. The molecule has 2 rings (SSSR count). The number of carbonyl (C=O) groups is 1. The van der Waals surface area contributed by atoms with Crippen LogP contribution in [0.25, 0.3) is 0 Å². The van der Waals surface area contributed by atoms with Gasteiger partial charge in [0.15, 0.2) is 6.04 Å². The van der Waals surface area contributed by atoms with Gasteiger partial charge in [-0.3, -0.25) is 14.9 Å². The highest BCUT2D eigenvalue weighted by molar-refractivity contribution is 5.95. The van der Waals surface area contributed by atoms with Gasteiger partial charge in [-0.1, -0.05) is 0 Å². The Balaban J connectivity index is 2.18. The molecule has 0 bridgehead atoms. The number of non-ortho nitro benzene ring substituents is 1. The van der Waals surface area contributed by atoms with Crippen LogP contribution in [0.2, 0.25) is 0 Å². The largest absolute Gasteiger partial charge is 0.495 e. The Morgan fingerprint density at radius 2 is 2.00 bits per heavy atom. The van der Waals surface area contributed by atoms with Crippen molar-refractivity contribution in [2.75, 3.05) is 26.5 Å². The zero-order valence-electron chi connectivity index (χ0n) is 14.7. The van der Waals surface area contributed by atoms with Crippen molar-refractivity contribution in [2.45, 2.75) is 44.7 Å². The van der Waals surface area contributed by atoms with Gasteiger partial charge in [0.25, 0.3) is 11.6 Å². The number of hydrogen-bond donors (Lipinski definition) is 1. The van der Waals surface area contributed by atoms with Crippen molar-refractivity contribution < 1.29 is 18.9 Å². The molecule has 1 aromatic rings. The van der Waals surface area contributed by atoms with Crippen LogP contribution in [0.3, 0.4) is 0 Å². The maximum atomic E-state index is 12.7. The number of nitrogens with zero attached hydrogens (tertiary/aromatic N) is 2. The Kier molecular flexibility index (Phi) is 5.43. The van der Waals surface area contributed by atoms with Gasteiger partial charge in [0.05, 0.1) is 37.9 Å². The Morgan fingerprint density at radius 1 is 1.38 bits per heavy atom. The number of nitro benzene ring substituents is 1. The fourth-order valence-corrected chi connectivity index (χ4v) is 3.33. The number of hydrogen-bond acceptors (Lipinski definition) is 4. The summed E-state index contributed by atoms with van der Waals surface area (Å²) in [6.45, 7) is 1.90. The first kappa shape index (κ1) is 18.2. The van der Waals surface area contributed by atoms with E-state index in [1.165, 1.54) is 38.2 Å². The topological polar surface area (TPSA) is 81.5 Å². The van der Waals surface area contributed by atoms with Crippen molar-refractivity contribution in [2.24, 2.45) is 0 Å². The highest BCUT2D eigenvalue weighted by atomic mass is 16.6. The fraction of sp³-hybridized carbons (Fsp3) is 0.588. The highest BCUT2D eigenvalue weighted by Gasteiger charge is 2.39. The Labute approximate surface area is 142 Å². The van der Waals surface area contributed by atoms with Crippen molar-refractivity contribution in [1.82, 2.24) is 0 Å². The monoisotopic (exact) mass is 336 g/mol. The van der Waals surface area contributed by atoms with Crippen molar-refractivity contribution in [1.29, 1.82) is 0 Å². The van der Waals surface area contributed by atoms with Crippen LogP contribution in [0.1, 0.15) is 32.6 Å². The second-order valence-electron chi connectivity index (χ2n) is 6.87. The molecule has 7 heteroatoms. The Hall–Kier alpha value is -2.15. The molecule has 7 nitrogen and oxygen atoms in total. The third-order valence-electron chi connectivity index (χ3n) is 5.30. The first-order valence-corrected chi connectivity index (χ1v) is 8.24. The third kappa shape index (κ3) is 3.67. The Morgan fingerprint density at radius 3 is 2.54 bits per heavy atom. The molecule has 0 spiro atoms. The average Bonchev–Trinajstić information content (AvgIpc) is 3.09. The number of benzene rings is 1. The SMILES string of the molecule is COc1ccc([N+](=O)[O-])cc1NC(=O)[C@@H](C)[N+](C)(C)C1CCCC1. The molecular formula is C17H26N3O4+. The van der Waals surface area contributed by atoms with E-state index in [4.69, 9.17) is 4.74 Å². The van der Waals surface area contributed by atoms with Crippen LogP contribution in [0.4, 0.5) is 11.4 Å². The summed E-state index contributed by atoms with van der Waals surface area (Å²) in [6.07, 6.45) is 4.67. The number of quaternary nitrogens is 1. The normalized spacial score (nSPS) is 16.7. The van der Waals surface area contributed by atoms with E-state index in [0.717, 1.165) is 12.8 Å². The summed E-state index contributed by atoms with van der Waals surface area (Å²) in [7, 11) is 5.62. The smallest absolute Gasteiger partial charge is 0.282 e. The van der Waals surface area contributed by atoms with E-state index in [2.05, 4.69) is 19.4 Å². The van der Waals surface area contributed by atoms with E-state index >= 15 is 0 Å². The van der Waals surface area contributed by atoms with Gasteiger partial charge in [0.1, 0.15) is 5.75 Å². The van der Waals surface area contributed by atoms with Gasteiger partial charge in [0.2, 0.25) is 0 Å². The molecule has 1 fully saturated rings. The van der Waals surface area contributed by atoms with Gasteiger partial charge in [-0.2, -0.15) is 0 Å². The quantitative estimate of drug-likeness (QED) is 0.492. The number of carbonyl (C=O) groups excluding carboxylic acids is 1. The van der Waals surface area contributed by atoms with Crippen molar-refractivity contribution in [3.05, 3.63) is 28.3 Å². The van der Waals surface area contributed by atoms with Crippen LogP contribution in [0.5, 0.6) is 5.75 Å². The number of rotatable bonds is 6. The molecule has 1 N–H and O–H groups in total. The van der Waals surface area contributed by atoms with Crippen molar-refractivity contribution in [3.63, 3.8) is 0 Å². The predicted molar refractivity (Wildman–Crippen MR) is 92.1 cm³/mol. The van der Waals surface area contributed by atoms with Crippen LogP contribution in [0, 0.1) is 10.1 Å². The van der Waals surface area contributed by atoms with Gasteiger partial charge < -0.3 is 14.5 Å². The molecule has 0 unspecified atom stereocenters. The Bertz CT molecular complexity index is 624. The standard InChI is InChI=1S/C17H25N3O4/c1-12(20(2,3)14-7-5-6-8-14)17(21)18-15-11-13(19(22)23)9-10-16(15)24-4/h9-12,14H,5-8H2,1-4H3/p+1/t12-/m1/s1. The summed E-state index contributed by atoms with van der Waals surface area (Å²) in [5, 5.41) is 13.8. The minimum Gasteiger partial charge on any atom is -0.495 e. The van der Waals surface area contributed by atoms with Crippen LogP contribution < -0.4 is 10.1 Å². The van der Waals surface area contributed by atoms with E-state index in [1.807, 2.05) is 6.92 Å². The van der Waals surface area contributed by atoms with Crippen LogP contribution in [-0.2, 0) is 4.79 Å². The third-order valence-corrected chi connectivity index (χ3v) is 5.30. The lowest BCUT2D eigenvalue weighted by molar-refractivity contribution is -0.927. The molecule has 1 atom stereocenters. The molecule has 0 aromatic heterocycles. The molecule has 0 radical (unpaired) electrons. The molecule has 0 aliphatic heterocycles. The van der Waals surface area contributed by atoms with Crippen molar-refractivity contribution >= 4 is 17.3 Å². The number of nitro groups is 1. The number of methoxy groups -OCH3 is 1. The van der Waals surface area contributed by atoms with Gasteiger partial charge in [-0.05, 0) is 38.7 Å². The van der Waals surface area contributed by atoms with E-state index in [9.17, 15) is 14.9 Å². The summed E-state index contributed by atoms with van der Waals surface area (Å²) < 4.78 is 5.82. The second-order valence-corrected chi connectivity index (χ2v) is 6.87. The molecule has 132 valence electrons. The lowest BCUT2D eigenvalue weighted by atomic mass is 10.1. The predicted octanol–water partition coefficient (Wildman–Crippen LogP) is 2.95. The fourth-order valence-electron chi connectivity index (χ4n) is 3.33.